The van der Waals surface area contributed by atoms with Gasteiger partial charge in [0.05, 0.1) is 11.6 Å². The predicted molar refractivity (Wildman–Crippen MR) is 105 cm³/mol. The van der Waals surface area contributed by atoms with E-state index < -0.39 is 0 Å². The predicted octanol–water partition coefficient (Wildman–Crippen LogP) is 5.79. The van der Waals surface area contributed by atoms with Gasteiger partial charge in [0, 0.05) is 12.2 Å². The van der Waals surface area contributed by atoms with Crippen molar-refractivity contribution in [3.8, 4) is 11.5 Å². The minimum absolute atomic E-state index is 0.247. The van der Waals surface area contributed by atoms with Crippen molar-refractivity contribution in [1.82, 2.24) is 0 Å². The third-order valence-electron chi connectivity index (χ3n) is 3.89. The van der Waals surface area contributed by atoms with Crippen molar-refractivity contribution >= 4 is 21.6 Å². The smallest absolute Gasteiger partial charge is 0.134 e. The lowest BCUT2D eigenvalue weighted by Crippen LogP contribution is -2.00. The summed E-state index contributed by atoms with van der Waals surface area (Å²) in [7, 11) is 1.65. The zero-order chi connectivity index (χ0) is 18.4. The summed E-state index contributed by atoms with van der Waals surface area (Å²) in [5.41, 5.74) is 3.07. The molecular weight excluding hydrogens is 397 g/mol. The molecule has 0 atom stereocenters. The maximum Gasteiger partial charge on any atom is 0.134 e. The molecule has 0 heterocycles. The highest BCUT2D eigenvalue weighted by molar-refractivity contribution is 9.10. The Hall–Kier alpha value is -2.53. The molecule has 0 spiro atoms. The lowest BCUT2D eigenvalue weighted by atomic mass is 10.2. The molecule has 26 heavy (non-hydrogen) atoms. The Morgan fingerprint density at radius 3 is 2.27 bits per heavy atom. The van der Waals surface area contributed by atoms with Crippen molar-refractivity contribution in [2.24, 2.45) is 0 Å². The maximum atomic E-state index is 12.9. The molecule has 0 saturated carbocycles. The highest BCUT2D eigenvalue weighted by atomic mass is 79.9. The standard InChI is InChI=1S/C21H19BrFNO2/c1-25-19-9-7-18(8-10-19)24-13-16-4-11-21(20(22)12-16)26-14-15-2-5-17(23)6-3-15/h2-12,24H,13-14H2,1H3. The van der Waals surface area contributed by atoms with Crippen LogP contribution in [0.5, 0.6) is 11.5 Å². The van der Waals surface area contributed by atoms with E-state index in [9.17, 15) is 4.39 Å². The molecule has 134 valence electrons. The fraction of sp³-hybridized carbons (Fsp3) is 0.143. The molecule has 0 unspecified atom stereocenters. The summed E-state index contributed by atoms with van der Waals surface area (Å²) < 4.78 is 24.8. The zero-order valence-corrected chi connectivity index (χ0v) is 15.9. The summed E-state index contributed by atoms with van der Waals surface area (Å²) in [5.74, 6) is 1.34. The number of ether oxygens (including phenoxy) is 2. The largest absolute Gasteiger partial charge is 0.497 e. The molecular formula is C21H19BrFNO2. The number of nitrogens with one attached hydrogen (secondary N) is 1. The Balaban J connectivity index is 1.57. The van der Waals surface area contributed by atoms with Gasteiger partial charge in [0.2, 0.25) is 0 Å². The number of benzene rings is 3. The second-order valence-corrected chi connectivity index (χ2v) is 6.62. The molecule has 0 radical (unpaired) electrons. The zero-order valence-electron chi connectivity index (χ0n) is 14.3. The van der Waals surface area contributed by atoms with Crippen molar-refractivity contribution in [3.63, 3.8) is 0 Å². The highest BCUT2D eigenvalue weighted by Gasteiger charge is 2.04. The van der Waals surface area contributed by atoms with E-state index in [1.807, 2.05) is 42.5 Å². The summed E-state index contributed by atoms with van der Waals surface area (Å²) in [5, 5.41) is 3.37. The van der Waals surface area contributed by atoms with Crippen molar-refractivity contribution in [2.75, 3.05) is 12.4 Å². The molecule has 0 aliphatic carbocycles. The third kappa shape index (κ3) is 4.99. The highest BCUT2D eigenvalue weighted by Crippen LogP contribution is 2.27. The van der Waals surface area contributed by atoms with Crippen molar-refractivity contribution in [1.29, 1.82) is 0 Å². The second kappa shape index (κ2) is 8.72. The Labute approximate surface area is 160 Å². The molecule has 3 aromatic rings. The monoisotopic (exact) mass is 415 g/mol. The lowest BCUT2D eigenvalue weighted by Gasteiger charge is -2.11. The van der Waals surface area contributed by atoms with Gasteiger partial charge in [-0.3, -0.25) is 0 Å². The quantitative estimate of drug-likeness (QED) is 0.529. The van der Waals surface area contributed by atoms with Crippen LogP contribution in [0.4, 0.5) is 10.1 Å². The average Bonchev–Trinajstić information content (AvgIpc) is 2.67. The van der Waals surface area contributed by atoms with Gasteiger partial charge >= 0.3 is 0 Å². The van der Waals surface area contributed by atoms with Crippen LogP contribution < -0.4 is 14.8 Å². The van der Waals surface area contributed by atoms with Crippen LogP contribution in [0.15, 0.2) is 71.2 Å². The lowest BCUT2D eigenvalue weighted by molar-refractivity contribution is 0.304. The number of hydrogen-bond acceptors (Lipinski definition) is 3. The van der Waals surface area contributed by atoms with Crippen LogP contribution in [0.2, 0.25) is 0 Å². The number of halogens is 2. The Morgan fingerprint density at radius 1 is 0.923 bits per heavy atom. The summed E-state index contributed by atoms with van der Waals surface area (Å²) in [6.07, 6.45) is 0. The fourth-order valence-corrected chi connectivity index (χ4v) is 2.97. The van der Waals surface area contributed by atoms with Gasteiger partial charge in [-0.25, -0.2) is 4.39 Å². The van der Waals surface area contributed by atoms with Crippen LogP contribution in [-0.4, -0.2) is 7.11 Å². The van der Waals surface area contributed by atoms with E-state index in [1.165, 1.54) is 12.1 Å². The Morgan fingerprint density at radius 2 is 1.62 bits per heavy atom. The average molecular weight is 416 g/mol. The molecule has 3 aromatic carbocycles. The van der Waals surface area contributed by atoms with E-state index >= 15 is 0 Å². The van der Waals surface area contributed by atoms with E-state index in [0.29, 0.717) is 13.2 Å². The van der Waals surface area contributed by atoms with Crippen molar-refractivity contribution in [3.05, 3.63) is 88.1 Å². The van der Waals surface area contributed by atoms with Gasteiger partial charge in [-0.2, -0.15) is 0 Å². The van der Waals surface area contributed by atoms with Crippen LogP contribution in [-0.2, 0) is 13.2 Å². The normalized spacial score (nSPS) is 10.4. The van der Waals surface area contributed by atoms with Gasteiger partial charge in [0.15, 0.2) is 0 Å². The summed E-state index contributed by atoms with van der Waals surface area (Å²) in [6, 6.07) is 20.1. The molecule has 1 N–H and O–H groups in total. The molecule has 0 saturated heterocycles. The van der Waals surface area contributed by atoms with Crippen LogP contribution in [0.25, 0.3) is 0 Å². The second-order valence-electron chi connectivity index (χ2n) is 5.76. The first-order chi connectivity index (χ1) is 12.6. The third-order valence-corrected chi connectivity index (χ3v) is 4.51. The van der Waals surface area contributed by atoms with Gasteiger partial charge < -0.3 is 14.8 Å². The summed E-state index contributed by atoms with van der Waals surface area (Å²) >= 11 is 3.55. The summed E-state index contributed by atoms with van der Waals surface area (Å²) in [6.45, 7) is 1.09. The molecule has 0 aromatic heterocycles. The molecule has 3 nitrogen and oxygen atoms in total. The van der Waals surface area contributed by atoms with E-state index in [-0.39, 0.29) is 5.82 Å². The maximum absolute atomic E-state index is 12.9. The fourth-order valence-electron chi connectivity index (χ4n) is 2.43. The minimum Gasteiger partial charge on any atom is -0.497 e. The van der Waals surface area contributed by atoms with Gasteiger partial charge in [-0.15, -0.1) is 0 Å². The molecule has 3 rings (SSSR count). The van der Waals surface area contributed by atoms with E-state index in [1.54, 1.807) is 19.2 Å². The van der Waals surface area contributed by atoms with Crippen LogP contribution in [0.3, 0.4) is 0 Å². The van der Waals surface area contributed by atoms with Gasteiger partial charge in [0.1, 0.15) is 23.9 Å². The van der Waals surface area contributed by atoms with Crippen molar-refractivity contribution in [2.45, 2.75) is 13.2 Å². The van der Waals surface area contributed by atoms with Gasteiger partial charge in [-0.05, 0) is 75.6 Å². The number of hydrogen-bond donors (Lipinski definition) is 1. The number of rotatable bonds is 7. The first-order valence-corrected chi connectivity index (χ1v) is 8.97. The minimum atomic E-state index is -0.247. The molecule has 0 fully saturated rings. The number of anilines is 1. The van der Waals surface area contributed by atoms with Crippen molar-refractivity contribution < 1.29 is 13.9 Å². The van der Waals surface area contributed by atoms with Gasteiger partial charge in [0.25, 0.3) is 0 Å². The Kier molecular flexibility index (Phi) is 6.12. The van der Waals surface area contributed by atoms with E-state index in [4.69, 9.17) is 9.47 Å². The summed E-state index contributed by atoms with van der Waals surface area (Å²) in [4.78, 5) is 0. The Bertz CT molecular complexity index is 851. The van der Waals surface area contributed by atoms with Gasteiger partial charge in [-0.1, -0.05) is 18.2 Å². The topological polar surface area (TPSA) is 30.5 Å². The molecule has 0 aliphatic heterocycles. The van der Waals surface area contributed by atoms with E-state index in [0.717, 1.165) is 32.8 Å². The first-order valence-electron chi connectivity index (χ1n) is 8.17. The molecule has 0 amide bonds. The number of methoxy groups -OCH3 is 1. The SMILES string of the molecule is COc1ccc(NCc2ccc(OCc3ccc(F)cc3)c(Br)c2)cc1. The van der Waals surface area contributed by atoms with Crippen LogP contribution >= 0.6 is 15.9 Å². The first kappa shape index (κ1) is 18.3. The van der Waals surface area contributed by atoms with E-state index in [2.05, 4.69) is 21.2 Å². The molecule has 0 bridgehead atoms. The molecule has 0 aliphatic rings. The van der Waals surface area contributed by atoms with Crippen LogP contribution in [0, 0.1) is 5.82 Å². The van der Waals surface area contributed by atoms with Crippen LogP contribution in [0.1, 0.15) is 11.1 Å². The molecule has 5 heteroatoms.